The van der Waals surface area contributed by atoms with Crippen LogP contribution in [0.15, 0.2) is 42.5 Å². The van der Waals surface area contributed by atoms with Gasteiger partial charge in [-0.15, -0.1) is 0 Å². The molecule has 2 nitrogen and oxygen atoms in total. The minimum absolute atomic E-state index is 0.589. The summed E-state index contributed by atoms with van der Waals surface area (Å²) in [5, 5.41) is 10.5. The van der Waals surface area contributed by atoms with Gasteiger partial charge in [-0.3, -0.25) is 0 Å². The zero-order valence-electron chi connectivity index (χ0n) is 13.1. The maximum absolute atomic E-state index is 10.5. The molecule has 0 amide bonds. The van der Waals surface area contributed by atoms with Crippen LogP contribution in [0.25, 0.3) is 0 Å². The lowest BCUT2D eigenvalue weighted by atomic mass is 9.98. The highest BCUT2D eigenvalue weighted by Crippen LogP contribution is 2.25. The number of ether oxygens (including phenoxy) is 1. The molecule has 0 aliphatic carbocycles. The van der Waals surface area contributed by atoms with Crippen LogP contribution in [-0.4, -0.2) is 11.7 Å². The van der Waals surface area contributed by atoms with Gasteiger partial charge in [0.05, 0.1) is 6.61 Å². The van der Waals surface area contributed by atoms with Crippen molar-refractivity contribution in [3.05, 3.63) is 64.7 Å². The molecule has 0 radical (unpaired) electrons. The van der Waals surface area contributed by atoms with Crippen molar-refractivity contribution in [2.45, 2.75) is 39.7 Å². The van der Waals surface area contributed by atoms with E-state index in [0.29, 0.717) is 0 Å². The third-order valence-electron chi connectivity index (χ3n) is 3.81. The first-order valence-electron chi connectivity index (χ1n) is 7.59. The minimum Gasteiger partial charge on any atom is -0.494 e. The lowest BCUT2D eigenvalue weighted by Gasteiger charge is -2.14. The number of aryl methyl sites for hydroxylation is 2. The van der Waals surface area contributed by atoms with E-state index in [1.165, 1.54) is 11.1 Å². The zero-order valence-corrected chi connectivity index (χ0v) is 13.1. The summed E-state index contributed by atoms with van der Waals surface area (Å²) in [5.41, 5.74) is 4.26. The Balaban J connectivity index is 2.08. The van der Waals surface area contributed by atoms with Gasteiger partial charge in [0.15, 0.2) is 0 Å². The summed E-state index contributed by atoms with van der Waals surface area (Å²) >= 11 is 0. The Morgan fingerprint density at radius 1 is 0.952 bits per heavy atom. The number of aliphatic hydroxyl groups excluding tert-OH is 1. The first-order valence-corrected chi connectivity index (χ1v) is 7.59. The fourth-order valence-corrected chi connectivity index (χ4v) is 2.21. The fourth-order valence-electron chi connectivity index (χ4n) is 2.21. The highest BCUT2D eigenvalue weighted by atomic mass is 16.5. The van der Waals surface area contributed by atoms with Crippen LogP contribution in [0.1, 0.15) is 48.1 Å². The second-order valence-electron chi connectivity index (χ2n) is 5.52. The van der Waals surface area contributed by atoms with Gasteiger partial charge in [0.1, 0.15) is 11.9 Å². The summed E-state index contributed by atoms with van der Waals surface area (Å²) in [6, 6.07) is 13.8. The largest absolute Gasteiger partial charge is 0.494 e. The van der Waals surface area contributed by atoms with Crippen LogP contribution in [0.5, 0.6) is 5.75 Å². The first kappa shape index (κ1) is 15.6. The van der Waals surface area contributed by atoms with Crippen LogP contribution in [0, 0.1) is 13.8 Å². The second-order valence-corrected chi connectivity index (χ2v) is 5.52. The quantitative estimate of drug-likeness (QED) is 0.788. The van der Waals surface area contributed by atoms with E-state index in [-0.39, 0.29) is 0 Å². The number of benzene rings is 2. The predicted octanol–water partition coefficient (Wildman–Crippen LogP) is 4.56. The van der Waals surface area contributed by atoms with E-state index in [4.69, 9.17) is 4.74 Å². The molecule has 0 saturated carbocycles. The van der Waals surface area contributed by atoms with E-state index >= 15 is 0 Å². The Morgan fingerprint density at radius 3 is 2.24 bits per heavy atom. The SMILES string of the molecule is CCCCOc1ccc(C(O)c2ccc(C)c(C)c2)cc1. The van der Waals surface area contributed by atoms with Gasteiger partial charge in [0.25, 0.3) is 0 Å². The molecule has 2 heteroatoms. The average molecular weight is 284 g/mol. The molecule has 0 aromatic heterocycles. The predicted molar refractivity (Wildman–Crippen MR) is 86.8 cm³/mol. The average Bonchev–Trinajstić information content (AvgIpc) is 2.50. The normalized spacial score (nSPS) is 12.2. The number of aliphatic hydroxyl groups is 1. The highest BCUT2D eigenvalue weighted by molar-refractivity contribution is 5.37. The van der Waals surface area contributed by atoms with Gasteiger partial charge in [0, 0.05) is 0 Å². The smallest absolute Gasteiger partial charge is 0.119 e. The molecule has 0 aliphatic heterocycles. The molecule has 0 spiro atoms. The second kappa shape index (κ2) is 7.28. The van der Waals surface area contributed by atoms with Crippen LogP contribution in [0.2, 0.25) is 0 Å². The molecule has 21 heavy (non-hydrogen) atoms. The van der Waals surface area contributed by atoms with Crippen molar-refractivity contribution in [2.75, 3.05) is 6.61 Å². The van der Waals surface area contributed by atoms with Gasteiger partial charge < -0.3 is 9.84 Å². The van der Waals surface area contributed by atoms with Crippen molar-refractivity contribution in [1.29, 1.82) is 0 Å². The van der Waals surface area contributed by atoms with Crippen LogP contribution >= 0.6 is 0 Å². The Hall–Kier alpha value is -1.80. The summed E-state index contributed by atoms with van der Waals surface area (Å²) in [5.74, 6) is 0.861. The van der Waals surface area contributed by atoms with Crippen molar-refractivity contribution >= 4 is 0 Å². The molecule has 1 atom stereocenters. The van der Waals surface area contributed by atoms with Gasteiger partial charge in [-0.25, -0.2) is 0 Å². The van der Waals surface area contributed by atoms with E-state index < -0.39 is 6.10 Å². The molecule has 1 N–H and O–H groups in total. The third kappa shape index (κ3) is 4.08. The maximum atomic E-state index is 10.5. The van der Waals surface area contributed by atoms with Gasteiger partial charge in [-0.05, 0) is 54.7 Å². The van der Waals surface area contributed by atoms with Crippen LogP contribution in [0.4, 0.5) is 0 Å². The Kier molecular flexibility index (Phi) is 5.40. The van der Waals surface area contributed by atoms with Gasteiger partial charge in [0.2, 0.25) is 0 Å². The molecule has 0 heterocycles. The number of hydrogen-bond donors (Lipinski definition) is 1. The molecular weight excluding hydrogens is 260 g/mol. The van der Waals surface area contributed by atoms with Crippen LogP contribution in [0.3, 0.4) is 0 Å². The number of hydrogen-bond acceptors (Lipinski definition) is 2. The minimum atomic E-state index is -0.589. The van der Waals surface area contributed by atoms with Crippen molar-refractivity contribution in [2.24, 2.45) is 0 Å². The summed E-state index contributed by atoms with van der Waals surface area (Å²) in [6.07, 6.45) is 1.60. The van der Waals surface area contributed by atoms with E-state index in [2.05, 4.69) is 26.8 Å². The molecule has 0 fully saturated rings. The zero-order chi connectivity index (χ0) is 15.2. The molecule has 0 bridgehead atoms. The molecule has 0 aliphatic rings. The lowest BCUT2D eigenvalue weighted by Crippen LogP contribution is -2.01. The summed E-state index contributed by atoms with van der Waals surface area (Å²) in [4.78, 5) is 0. The maximum Gasteiger partial charge on any atom is 0.119 e. The fraction of sp³-hybridized carbons (Fsp3) is 0.368. The number of unbranched alkanes of at least 4 members (excludes halogenated alkanes) is 1. The van der Waals surface area contributed by atoms with Crippen LogP contribution < -0.4 is 4.74 Å². The summed E-state index contributed by atoms with van der Waals surface area (Å²) in [7, 11) is 0. The van der Waals surface area contributed by atoms with Crippen molar-refractivity contribution in [1.82, 2.24) is 0 Å². The summed E-state index contributed by atoms with van der Waals surface area (Å²) in [6.45, 7) is 7.03. The van der Waals surface area contributed by atoms with Crippen LogP contribution in [-0.2, 0) is 0 Å². The van der Waals surface area contributed by atoms with Crippen molar-refractivity contribution in [3.8, 4) is 5.75 Å². The summed E-state index contributed by atoms with van der Waals surface area (Å²) < 4.78 is 5.64. The first-order chi connectivity index (χ1) is 10.1. The Morgan fingerprint density at radius 2 is 1.62 bits per heavy atom. The van der Waals surface area contributed by atoms with E-state index in [0.717, 1.165) is 36.3 Å². The molecule has 2 aromatic rings. The highest BCUT2D eigenvalue weighted by Gasteiger charge is 2.11. The van der Waals surface area contributed by atoms with Gasteiger partial charge in [-0.2, -0.15) is 0 Å². The Bertz CT molecular complexity index is 573. The lowest BCUT2D eigenvalue weighted by molar-refractivity contribution is 0.220. The molecule has 112 valence electrons. The molecule has 0 saturated heterocycles. The third-order valence-corrected chi connectivity index (χ3v) is 3.81. The standard InChI is InChI=1S/C19H24O2/c1-4-5-12-21-18-10-8-16(9-11-18)19(20)17-7-6-14(2)15(3)13-17/h6-11,13,19-20H,4-5,12H2,1-3H3. The van der Waals surface area contributed by atoms with E-state index in [9.17, 15) is 5.11 Å². The monoisotopic (exact) mass is 284 g/mol. The molecule has 2 aromatic carbocycles. The van der Waals surface area contributed by atoms with E-state index in [1.54, 1.807) is 0 Å². The topological polar surface area (TPSA) is 29.5 Å². The molecule has 1 unspecified atom stereocenters. The number of rotatable bonds is 6. The molecular formula is C19H24O2. The molecule has 2 rings (SSSR count). The Labute approximate surface area is 127 Å². The van der Waals surface area contributed by atoms with E-state index in [1.807, 2.05) is 36.4 Å². The van der Waals surface area contributed by atoms with Gasteiger partial charge >= 0.3 is 0 Å². The van der Waals surface area contributed by atoms with Crippen molar-refractivity contribution < 1.29 is 9.84 Å². The van der Waals surface area contributed by atoms with Crippen molar-refractivity contribution in [3.63, 3.8) is 0 Å². The van der Waals surface area contributed by atoms with Gasteiger partial charge in [-0.1, -0.05) is 43.7 Å².